The molecule has 3 amide bonds. The summed E-state index contributed by atoms with van der Waals surface area (Å²) < 4.78 is 48.1. The molecule has 2 saturated heterocycles. The van der Waals surface area contributed by atoms with E-state index >= 15 is 0 Å². The predicted molar refractivity (Wildman–Crippen MR) is 171 cm³/mol. The molecule has 0 bridgehead atoms. The van der Waals surface area contributed by atoms with Crippen molar-refractivity contribution >= 4 is 17.7 Å². The molecule has 3 unspecified atom stereocenters. The number of carbonyl (C=O) groups excluding carboxylic acids is 3. The van der Waals surface area contributed by atoms with E-state index in [1.807, 2.05) is 42.5 Å². The smallest absolute Gasteiger partial charge is 0.243 e. The summed E-state index contributed by atoms with van der Waals surface area (Å²) in [6.45, 7) is 1.08. The molecule has 2 aliphatic rings. The number of benzene rings is 3. The molecule has 2 aliphatic heterocycles. The van der Waals surface area contributed by atoms with Gasteiger partial charge in [-0.05, 0) is 73.4 Å². The molecule has 3 aromatic carbocycles. The van der Waals surface area contributed by atoms with Gasteiger partial charge in [0.05, 0.1) is 12.1 Å². The zero-order chi connectivity index (χ0) is 34.2. The Labute approximate surface area is 277 Å². The fourth-order valence-corrected chi connectivity index (χ4v) is 6.30. The van der Waals surface area contributed by atoms with Gasteiger partial charge in [-0.3, -0.25) is 14.4 Å². The first-order chi connectivity index (χ1) is 23.1. The van der Waals surface area contributed by atoms with Crippen LogP contribution < -0.4 is 15.8 Å². The van der Waals surface area contributed by atoms with Gasteiger partial charge in [-0.1, -0.05) is 42.5 Å². The van der Waals surface area contributed by atoms with Crippen molar-refractivity contribution in [3.05, 3.63) is 101 Å². The van der Waals surface area contributed by atoms with Crippen molar-refractivity contribution in [3.8, 4) is 11.8 Å². The molecule has 2 heterocycles. The van der Waals surface area contributed by atoms with Crippen molar-refractivity contribution in [1.29, 1.82) is 5.26 Å². The Balaban J connectivity index is 1.22. The molecular weight excluding hydrogens is 623 g/mol. The van der Waals surface area contributed by atoms with E-state index in [1.165, 1.54) is 9.80 Å². The maximum Gasteiger partial charge on any atom is 0.243 e. The highest BCUT2D eigenvalue weighted by Gasteiger charge is 2.38. The van der Waals surface area contributed by atoms with Gasteiger partial charge in [0.15, 0.2) is 11.6 Å². The predicted octanol–water partition coefficient (Wildman–Crippen LogP) is 4.18. The summed E-state index contributed by atoms with van der Waals surface area (Å²) in [4.78, 5) is 43.1. The molecular formula is C36H38F3N5O4. The first-order valence-electron chi connectivity index (χ1n) is 16.1. The minimum absolute atomic E-state index is 0.219. The number of likely N-dealkylation sites (tertiary alicyclic amines) is 2. The number of nitrogens with two attached hydrogens (primary N) is 1. The minimum Gasteiger partial charge on any atom is -0.489 e. The highest BCUT2D eigenvalue weighted by molar-refractivity contribution is 5.91. The zero-order valence-corrected chi connectivity index (χ0v) is 26.4. The molecule has 3 aromatic rings. The van der Waals surface area contributed by atoms with Crippen LogP contribution in [0.5, 0.6) is 5.75 Å². The molecule has 0 spiro atoms. The molecule has 5 rings (SSSR count). The third kappa shape index (κ3) is 8.52. The molecule has 3 N–H and O–H groups in total. The second kappa shape index (κ2) is 15.8. The number of amides is 3. The Bertz CT molecular complexity index is 1650. The van der Waals surface area contributed by atoms with E-state index in [2.05, 4.69) is 11.4 Å². The second-order valence-corrected chi connectivity index (χ2v) is 12.3. The van der Waals surface area contributed by atoms with Crippen molar-refractivity contribution in [2.24, 2.45) is 5.73 Å². The number of halogens is 3. The van der Waals surface area contributed by atoms with E-state index in [1.54, 1.807) is 12.1 Å². The van der Waals surface area contributed by atoms with E-state index in [0.29, 0.717) is 63.3 Å². The molecule has 0 saturated carbocycles. The third-order valence-electron chi connectivity index (χ3n) is 8.83. The summed E-state index contributed by atoms with van der Waals surface area (Å²) in [5.74, 6) is -4.37. The lowest BCUT2D eigenvalue weighted by Crippen LogP contribution is -2.54. The molecule has 0 aromatic heterocycles. The number of ether oxygens (including phenoxy) is 1. The number of carbonyl (C=O) groups is 3. The van der Waals surface area contributed by atoms with Gasteiger partial charge >= 0.3 is 0 Å². The van der Waals surface area contributed by atoms with Crippen LogP contribution in [0.4, 0.5) is 13.2 Å². The van der Waals surface area contributed by atoms with Crippen LogP contribution in [0.2, 0.25) is 0 Å². The van der Waals surface area contributed by atoms with Crippen molar-refractivity contribution in [1.82, 2.24) is 15.1 Å². The number of nitrogens with zero attached hydrogens (tertiary/aromatic N) is 3. The summed E-state index contributed by atoms with van der Waals surface area (Å²) in [7, 11) is 0. The topological polar surface area (TPSA) is 129 Å². The molecule has 0 aliphatic carbocycles. The Hall–Kier alpha value is -4.89. The van der Waals surface area contributed by atoms with Crippen LogP contribution in [0.15, 0.2) is 66.7 Å². The summed E-state index contributed by atoms with van der Waals surface area (Å²) in [5, 5.41) is 12.2. The van der Waals surface area contributed by atoms with E-state index < -0.39 is 59.3 Å². The molecule has 48 heavy (non-hydrogen) atoms. The van der Waals surface area contributed by atoms with Gasteiger partial charge in [0.1, 0.15) is 30.3 Å². The van der Waals surface area contributed by atoms with Crippen LogP contribution in [-0.4, -0.2) is 64.8 Å². The molecule has 9 nitrogen and oxygen atoms in total. The molecule has 4 atom stereocenters. The summed E-state index contributed by atoms with van der Waals surface area (Å²) in [5.41, 5.74) is 7.96. The molecule has 0 radical (unpaired) electrons. The summed E-state index contributed by atoms with van der Waals surface area (Å²) in [6.07, 6.45) is 1.67. The van der Waals surface area contributed by atoms with Crippen LogP contribution >= 0.6 is 0 Å². The summed E-state index contributed by atoms with van der Waals surface area (Å²) in [6, 6.07) is 16.8. The van der Waals surface area contributed by atoms with Gasteiger partial charge in [0, 0.05) is 31.6 Å². The fraction of sp³-hybridized carbons (Fsp3) is 0.389. The zero-order valence-electron chi connectivity index (χ0n) is 26.4. The normalized spacial score (nSPS) is 18.6. The van der Waals surface area contributed by atoms with Crippen LogP contribution in [0.25, 0.3) is 0 Å². The minimum atomic E-state index is -1.36. The fourth-order valence-electron chi connectivity index (χ4n) is 6.30. The monoisotopic (exact) mass is 661 g/mol. The Morgan fingerprint density at radius 3 is 2.31 bits per heavy atom. The largest absolute Gasteiger partial charge is 0.489 e. The quantitative estimate of drug-likeness (QED) is 0.281. The van der Waals surface area contributed by atoms with Gasteiger partial charge in [-0.25, -0.2) is 13.2 Å². The van der Waals surface area contributed by atoms with Crippen molar-refractivity contribution in [3.63, 3.8) is 0 Å². The van der Waals surface area contributed by atoms with Gasteiger partial charge in [0.2, 0.25) is 17.7 Å². The van der Waals surface area contributed by atoms with E-state index in [-0.39, 0.29) is 24.8 Å². The SMILES string of the molecule is N#CC1CCCN1C(=O)C[C@@H](Cc1cc(F)c(F)cc1F)NC(=O)C1CCCN1C(=O)C(N)Cc1ccc(OCc2ccccc2)cc1. The van der Waals surface area contributed by atoms with Crippen LogP contribution in [-0.2, 0) is 33.8 Å². The van der Waals surface area contributed by atoms with E-state index in [0.717, 1.165) is 11.1 Å². The maximum atomic E-state index is 14.6. The Morgan fingerprint density at radius 2 is 1.58 bits per heavy atom. The highest BCUT2D eigenvalue weighted by Crippen LogP contribution is 2.23. The number of rotatable bonds is 12. The number of nitrogens with one attached hydrogen (secondary N) is 1. The van der Waals surface area contributed by atoms with Gasteiger partial charge < -0.3 is 25.6 Å². The van der Waals surface area contributed by atoms with Crippen LogP contribution in [0.3, 0.4) is 0 Å². The number of hydrogen-bond acceptors (Lipinski definition) is 6. The second-order valence-electron chi connectivity index (χ2n) is 12.3. The molecule has 12 heteroatoms. The highest BCUT2D eigenvalue weighted by atomic mass is 19.2. The van der Waals surface area contributed by atoms with Gasteiger partial charge in [0.25, 0.3) is 0 Å². The van der Waals surface area contributed by atoms with Crippen molar-refractivity contribution in [2.45, 2.75) is 75.7 Å². The lowest BCUT2D eigenvalue weighted by Gasteiger charge is -2.29. The number of hydrogen-bond donors (Lipinski definition) is 2. The van der Waals surface area contributed by atoms with Crippen LogP contribution in [0.1, 0.15) is 48.8 Å². The summed E-state index contributed by atoms with van der Waals surface area (Å²) >= 11 is 0. The van der Waals surface area contributed by atoms with Crippen molar-refractivity contribution in [2.75, 3.05) is 13.1 Å². The maximum absolute atomic E-state index is 14.6. The van der Waals surface area contributed by atoms with Crippen molar-refractivity contribution < 1.29 is 32.3 Å². The van der Waals surface area contributed by atoms with E-state index in [4.69, 9.17) is 10.5 Å². The molecule has 2 fully saturated rings. The molecule has 252 valence electrons. The average molecular weight is 662 g/mol. The average Bonchev–Trinajstić information content (AvgIpc) is 3.77. The standard InChI is InChI=1S/C36H38F3N5O4/c37-29-20-31(39)30(38)18-25(29)17-26(19-34(45)43-14-4-8-27(43)21-40)42-35(46)33-9-5-15-44(33)36(47)32(41)16-23-10-12-28(13-11-23)48-22-24-6-2-1-3-7-24/h1-3,6-7,10-13,18,20,26-27,32-33H,4-5,8-9,14-17,19,22,41H2,(H,42,46)/t26-,27?,32?,33?/m1/s1. The lowest BCUT2D eigenvalue weighted by atomic mass is 10.0. The Kier molecular flexibility index (Phi) is 11.3. The van der Waals surface area contributed by atoms with Crippen LogP contribution in [0, 0.1) is 28.8 Å². The third-order valence-corrected chi connectivity index (χ3v) is 8.83. The number of nitriles is 1. The van der Waals surface area contributed by atoms with Gasteiger partial charge in [-0.2, -0.15) is 5.26 Å². The lowest BCUT2D eigenvalue weighted by molar-refractivity contribution is -0.140. The Morgan fingerprint density at radius 1 is 0.896 bits per heavy atom. The van der Waals surface area contributed by atoms with E-state index in [9.17, 15) is 32.8 Å². The first-order valence-corrected chi connectivity index (χ1v) is 16.1. The van der Waals surface area contributed by atoms with Gasteiger partial charge in [-0.15, -0.1) is 0 Å². The first kappa shape index (κ1) is 34.4.